The molecule has 184 valence electrons. The Bertz CT molecular complexity index is 1300. The third-order valence-corrected chi connectivity index (χ3v) is 6.87. The van der Waals surface area contributed by atoms with Crippen molar-refractivity contribution < 1.29 is 22.0 Å². The smallest absolute Gasteiger partial charge is 0.266 e. The molecule has 4 rings (SSSR count). The van der Waals surface area contributed by atoms with Crippen LogP contribution in [0.15, 0.2) is 56.4 Å². The second kappa shape index (κ2) is 10.3. The zero-order valence-electron chi connectivity index (χ0n) is 19.2. The number of nitriles is 1. The molecule has 3 heterocycles. The highest BCUT2D eigenvalue weighted by molar-refractivity contribution is 7.89. The summed E-state index contributed by atoms with van der Waals surface area (Å²) in [5.41, 5.74) is 1.10. The van der Waals surface area contributed by atoms with Crippen LogP contribution < -0.4 is 15.4 Å². The predicted octanol–water partition coefficient (Wildman–Crippen LogP) is 1.32. The number of sulfonamides is 1. The Labute approximate surface area is 203 Å². The van der Waals surface area contributed by atoms with Gasteiger partial charge in [-0.3, -0.25) is 9.69 Å². The Balaban J connectivity index is 1.27. The molecule has 0 saturated carbocycles. The summed E-state index contributed by atoms with van der Waals surface area (Å²) in [5, 5.41) is 17.5. The normalized spacial score (nSPS) is 15.5. The first-order valence-corrected chi connectivity index (χ1v) is 12.6. The molecule has 1 atom stereocenters. The summed E-state index contributed by atoms with van der Waals surface area (Å²) < 4.78 is 33.8. The van der Waals surface area contributed by atoms with Crippen LogP contribution in [0.3, 0.4) is 0 Å². The van der Waals surface area contributed by atoms with E-state index in [0.717, 1.165) is 5.56 Å². The zero-order valence-corrected chi connectivity index (χ0v) is 20.0. The minimum atomic E-state index is -3.72. The number of nitrogens with zero attached hydrogens (tertiary/aromatic N) is 4. The largest absolute Gasteiger partial charge is 0.459 e. The standard InChI is InChI=1S/C23H26N6O5S/c1-16(21(30)26-9-8-17-4-6-18(7-5-17)35(25,31)32)28-10-12-29(13-11-28)23-19(15-24)27-22(34-23)20-3-2-14-33-20/h2-7,14,16H,8-13H2,1H3,(H,26,30)(H2,25,31,32). The number of primary sulfonamides is 1. The van der Waals surface area contributed by atoms with Crippen molar-refractivity contribution in [2.75, 3.05) is 37.6 Å². The number of benzene rings is 1. The molecular formula is C23H26N6O5S. The van der Waals surface area contributed by atoms with E-state index < -0.39 is 10.0 Å². The van der Waals surface area contributed by atoms with Gasteiger partial charge in [-0.15, -0.1) is 0 Å². The Hall–Kier alpha value is -3.66. The summed E-state index contributed by atoms with van der Waals surface area (Å²) in [4.78, 5) is 21.0. The lowest BCUT2D eigenvalue weighted by Crippen LogP contribution is -2.54. The molecule has 0 radical (unpaired) electrons. The van der Waals surface area contributed by atoms with Crippen molar-refractivity contribution in [3.05, 3.63) is 53.9 Å². The van der Waals surface area contributed by atoms with E-state index in [2.05, 4.69) is 21.3 Å². The fourth-order valence-corrected chi connectivity index (χ4v) is 4.42. The quantitative estimate of drug-likeness (QED) is 0.467. The van der Waals surface area contributed by atoms with Gasteiger partial charge in [0, 0.05) is 32.7 Å². The molecule has 0 bridgehead atoms. The van der Waals surface area contributed by atoms with Gasteiger partial charge in [0.25, 0.3) is 5.89 Å². The second-order valence-corrected chi connectivity index (χ2v) is 9.75. The molecule has 0 spiro atoms. The van der Waals surface area contributed by atoms with Crippen LogP contribution in [0.25, 0.3) is 11.7 Å². The molecule has 1 aliphatic rings. The lowest BCUT2D eigenvalue weighted by Gasteiger charge is -2.37. The van der Waals surface area contributed by atoms with Crippen molar-refractivity contribution in [2.24, 2.45) is 5.14 Å². The second-order valence-electron chi connectivity index (χ2n) is 8.19. The van der Waals surface area contributed by atoms with Crippen LogP contribution >= 0.6 is 0 Å². The third kappa shape index (κ3) is 5.71. The lowest BCUT2D eigenvalue weighted by atomic mass is 10.1. The Morgan fingerprint density at radius 3 is 2.54 bits per heavy atom. The van der Waals surface area contributed by atoms with Crippen LogP contribution in [0, 0.1) is 11.3 Å². The van der Waals surface area contributed by atoms with Crippen molar-refractivity contribution in [1.29, 1.82) is 5.26 Å². The SMILES string of the molecule is CC(C(=O)NCCc1ccc(S(N)(=O)=O)cc1)N1CCN(c2oc(-c3ccco3)nc2C#N)CC1. The molecule has 1 amide bonds. The topological polar surface area (TPSA) is 159 Å². The summed E-state index contributed by atoms with van der Waals surface area (Å²) in [7, 11) is -3.72. The van der Waals surface area contributed by atoms with Gasteiger partial charge >= 0.3 is 0 Å². The molecule has 1 aliphatic heterocycles. The van der Waals surface area contributed by atoms with Gasteiger partial charge in [0.1, 0.15) is 6.07 Å². The van der Waals surface area contributed by atoms with Gasteiger partial charge in [-0.05, 0) is 43.2 Å². The average Bonchev–Trinajstić information content (AvgIpc) is 3.53. The summed E-state index contributed by atoms with van der Waals surface area (Å²) in [6.45, 7) is 4.68. The van der Waals surface area contributed by atoms with E-state index >= 15 is 0 Å². The van der Waals surface area contributed by atoms with Crippen LogP contribution in [-0.2, 0) is 21.2 Å². The van der Waals surface area contributed by atoms with E-state index in [9.17, 15) is 18.5 Å². The van der Waals surface area contributed by atoms with E-state index in [-0.39, 0.29) is 28.4 Å². The number of aromatic nitrogens is 1. The number of nitrogens with one attached hydrogen (secondary N) is 1. The first-order valence-electron chi connectivity index (χ1n) is 11.1. The van der Waals surface area contributed by atoms with Gasteiger partial charge in [0.2, 0.25) is 27.5 Å². The summed E-state index contributed by atoms with van der Waals surface area (Å²) in [6.07, 6.45) is 2.08. The number of carbonyl (C=O) groups excluding carboxylic acids is 1. The van der Waals surface area contributed by atoms with Crippen molar-refractivity contribution >= 4 is 21.8 Å². The monoisotopic (exact) mass is 498 g/mol. The number of piperazine rings is 1. The number of nitrogens with two attached hydrogens (primary N) is 1. The molecule has 35 heavy (non-hydrogen) atoms. The van der Waals surface area contributed by atoms with Gasteiger partial charge in [-0.1, -0.05) is 12.1 Å². The average molecular weight is 499 g/mol. The van der Waals surface area contributed by atoms with Crippen LogP contribution in [0.4, 0.5) is 5.88 Å². The molecule has 1 aromatic carbocycles. The molecular weight excluding hydrogens is 472 g/mol. The summed E-state index contributed by atoms with van der Waals surface area (Å²) >= 11 is 0. The molecule has 3 N–H and O–H groups in total. The Morgan fingerprint density at radius 2 is 1.94 bits per heavy atom. The lowest BCUT2D eigenvalue weighted by molar-refractivity contribution is -0.126. The van der Waals surface area contributed by atoms with Gasteiger partial charge in [-0.2, -0.15) is 10.2 Å². The number of anilines is 1. The number of hydrogen-bond donors (Lipinski definition) is 2. The van der Waals surface area contributed by atoms with Gasteiger partial charge in [0.05, 0.1) is 17.2 Å². The number of hydrogen-bond acceptors (Lipinski definition) is 9. The fraction of sp³-hybridized carbons (Fsp3) is 0.348. The zero-order chi connectivity index (χ0) is 25.0. The number of oxazole rings is 1. The number of furan rings is 1. The summed E-state index contributed by atoms with van der Waals surface area (Å²) in [6, 6.07) is 11.5. The molecule has 2 aromatic heterocycles. The molecule has 0 aliphatic carbocycles. The number of carbonyl (C=O) groups is 1. The van der Waals surface area contributed by atoms with Crippen molar-refractivity contribution in [3.63, 3.8) is 0 Å². The van der Waals surface area contributed by atoms with Gasteiger partial charge in [0.15, 0.2) is 5.76 Å². The van der Waals surface area contributed by atoms with Crippen molar-refractivity contribution in [3.8, 4) is 17.7 Å². The van der Waals surface area contributed by atoms with Gasteiger partial charge < -0.3 is 19.1 Å². The number of amides is 1. The fourth-order valence-electron chi connectivity index (χ4n) is 3.91. The van der Waals surface area contributed by atoms with Crippen LogP contribution in [-0.4, -0.2) is 63.0 Å². The first kappa shape index (κ1) is 24.5. The molecule has 1 fully saturated rings. The minimum Gasteiger partial charge on any atom is -0.459 e. The van der Waals surface area contributed by atoms with E-state index in [0.29, 0.717) is 50.8 Å². The molecule has 12 heteroatoms. The predicted molar refractivity (Wildman–Crippen MR) is 127 cm³/mol. The first-order chi connectivity index (χ1) is 16.8. The van der Waals surface area contributed by atoms with Crippen LogP contribution in [0.1, 0.15) is 18.2 Å². The molecule has 1 unspecified atom stereocenters. The van der Waals surface area contributed by atoms with Crippen LogP contribution in [0.2, 0.25) is 0 Å². The minimum absolute atomic E-state index is 0.0578. The van der Waals surface area contributed by atoms with E-state index in [1.165, 1.54) is 18.4 Å². The molecule has 3 aromatic rings. The molecule has 11 nitrogen and oxygen atoms in total. The van der Waals surface area contributed by atoms with Gasteiger partial charge in [-0.25, -0.2) is 13.6 Å². The number of rotatable bonds is 8. The maximum atomic E-state index is 12.7. The Kier molecular flexibility index (Phi) is 7.20. The maximum Gasteiger partial charge on any atom is 0.266 e. The van der Waals surface area contributed by atoms with Crippen molar-refractivity contribution in [2.45, 2.75) is 24.3 Å². The highest BCUT2D eigenvalue weighted by atomic mass is 32.2. The molecule has 1 saturated heterocycles. The highest BCUT2D eigenvalue weighted by Crippen LogP contribution is 2.29. The van der Waals surface area contributed by atoms with E-state index in [4.69, 9.17) is 14.0 Å². The third-order valence-electron chi connectivity index (χ3n) is 5.94. The summed E-state index contributed by atoms with van der Waals surface area (Å²) in [5.74, 6) is 1.04. The van der Waals surface area contributed by atoms with E-state index in [1.54, 1.807) is 24.3 Å². The van der Waals surface area contributed by atoms with Crippen LogP contribution in [0.5, 0.6) is 0 Å². The van der Waals surface area contributed by atoms with E-state index in [1.807, 2.05) is 11.8 Å². The van der Waals surface area contributed by atoms with Crippen molar-refractivity contribution in [1.82, 2.24) is 15.2 Å². The highest BCUT2D eigenvalue weighted by Gasteiger charge is 2.29. The maximum absolute atomic E-state index is 12.7. The Morgan fingerprint density at radius 1 is 1.23 bits per heavy atom.